The Morgan fingerprint density at radius 1 is 1.11 bits per heavy atom. The molecule has 0 saturated carbocycles. The first-order chi connectivity index (χ1) is 21.7. The maximum absolute atomic E-state index is 13.8. The van der Waals surface area contributed by atoms with E-state index in [9.17, 15) is 44.7 Å². The molecule has 1 unspecified atom stereocenters. The Morgan fingerprint density at radius 2 is 1.80 bits per heavy atom. The number of alkyl halides is 5. The zero-order valence-corrected chi connectivity index (χ0v) is 24.1. The number of hydrogen-bond donors (Lipinski definition) is 2. The predicted octanol–water partition coefficient (Wildman–Crippen LogP) is 6.64. The minimum Gasteiger partial charge on any atom is -0.366 e. The van der Waals surface area contributed by atoms with Crippen LogP contribution in [0.1, 0.15) is 64.4 Å². The molecule has 46 heavy (non-hydrogen) atoms. The van der Waals surface area contributed by atoms with Crippen molar-refractivity contribution in [3.8, 4) is 11.1 Å². The lowest BCUT2D eigenvalue weighted by Crippen LogP contribution is -2.24. The molecule has 5 rings (SSSR count). The fraction of sp³-hybridized carbons (Fsp3) is 0.290. The van der Waals surface area contributed by atoms with Gasteiger partial charge in [-0.2, -0.15) is 27.1 Å². The Hall–Kier alpha value is -4.82. The van der Waals surface area contributed by atoms with Crippen LogP contribution in [0.3, 0.4) is 0 Å². The lowest BCUT2D eigenvalue weighted by molar-refractivity contribution is -0.142. The van der Waals surface area contributed by atoms with Gasteiger partial charge in [-0.25, -0.2) is 13.2 Å². The second-order valence-corrected chi connectivity index (χ2v) is 10.4. The highest BCUT2D eigenvalue weighted by Gasteiger charge is 2.47. The van der Waals surface area contributed by atoms with Gasteiger partial charge in [-0.15, -0.1) is 0 Å². The molecule has 2 aromatic heterocycles. The van der Waals surface area contributed by atoms with Gasteiger partial charge in [-0.05, 0) is 67.6 Å². The van der Waals surface area contributed by atoms with Crippen LogP contribution >= 0.6 is 0 Å². The molecule has 0 bridgehead atoms. The lowest BCUT2D eigenvalue weighted by atomic mass is 9.92. The second kappa shape index (κ2) is 13.7. The van der Waals surface area contributed by atoms with Gasteiger partial charge in [0.25, 0.3) is 11.8 Å². The van der Waals surface area contributed by atoms with Gasteiger partial charge in [0.2, 0.25) is 6.41 Å². The van der Waals surface area contributed by atoms with Gasteiger partial charge >= 0.3 is 6.18 Å². The minimum atomic E-state index is -4.67. The summed E-state index contributed by atoms with van der Waals surface area (Å²) >= 11 is 0. The molecule has 4 aromatic rings. The van der Waals surface area contributed by atoms with Crippen LogP contribution in [0.2, 0.25) is 0 Å². The lowest BCUT2D eigenvalue weighted by Gasteiger charge is -2.23. The molecule has 0 fully saturated rings. The number of primary amides is 1. The fourth-order valence-corrected chi connectivity index (χ4v) is 5.31. The van der Waals surface area contributed by atoms with E-state index in [2.05, 4.69) is 15.4 Å². The van der Waals surface area contributed by atoms with E-state index in [1.807, 2.05) is 0 Å². The molecule has 1 aliphatic carbocycles. The topological polar surface area (TPSA) is 103 Å². The molecule has 0 radical (unpaired) electrons. The van der Waals surface area contributed by atoms with Crippen molar-refractivity contribution < 1.29 is 44.7 Å². The van der Waals surface area contributed by atoms with E-state index >= 15 is 0 Å². The van der Waals surface area contributed by atoms with Crippen LogP contribution < -0.4 is 11.1 Å². The first-order valence-corrected chi connectivity index (χ1v) is 13.9. The average molecular weight is 654 g/mol. The molecule has 7 nitrogen and oxygen atoms in total. The van der Waals surface area contributed by atoms with Crippen molar-refractivity contribution >= 4 is 12.3 Å². The fourth-order valence-electron chi connectivity index (χ4n) is 5.31. The van der Waals surface area contributed by atoms with Gasteiger partial charge in [-0.3, -0.25) is 19.3 Å². The van der Waals surface area contributed by atoms with Crippen LogP contribution in [-0.4, -0.2) is 27.1 Å². The third-order valence-corrected chi connectivity index (χ3v) is 7.23. The van der Waals surface area contributed by atoms with Crippen molar-refractivity contribution in [2.75, 3.05) is 0 Å². The van der Waals surface area contributed by atoms with Gasteiger partial charge in [-0.1, -0.05) is 12.1 Å². The summed E-state index contributed by atoms with van der Waals surface area (Å²) in [6.07, 6.45) is -3.01. The molecule has 3 N–H and O–H groups in total. The molecule has 1 aliphatic rings. The number of aryl methyl sites for hydroxylation is 1. The molecule has 2 aromatic carbocycles. The molecule has 244 valence electrons. The molecular formula is C31H27F8N5O2. The Kier molecular flexibility index (Phi) is 10.1. The molecule has 0 spiro atoms. The van der Waals surface area contributed by atoms with E-state index in [0.29, 0.717) is 28.8 Å². The summed E-state index contributed by atoms with van der Waals surface area (Å²) < 4.78 is 107. The number of pyridine rings is 1. The number of rotatable bonds is 8. The van der Waals surface area contributed by atoms with E-state index in [-0.39, 0.29) is 36.9 Å². The third kappa shape index (κ3) is 7.51. The number of hydrogen-bond acceptors (Lipinski definition) is 4. The Balaban J connectivity index is 0.000000240. The van der Waals surface area contributed by atoms with Gasteiger partial charge in [0.15, 0.2) is 5.69 Å². The zero-order chi connectivity index (χ0) is 33.8. The largest absolute Gasteiger partial charge is 0.435 e. The van der Waals surface area contributed by atoms with E-state index in [0.717, 1.165) is 28.9 Å². The van der Waals surface area contributed by atoms with Crippen LogP contribution in [-0.2, 0) is 36.3 Å². The highest BCUT2D eigenvalue weighted by Crippen LogP contribution is 2.44. The highest BCUT2D eigenvalue weighted by atomic mass is 19.4. The number of nitrogens with one attached hydrogen (secondary N) is 1. The number of nitrogens with two attached hydrogens (primary N) is 1. The van der Waals surface area contributed by atoms with Gasteiger partial charge < -0.3 is 11.1 Å². The van der Waals surface area contributed by atoms with Gasteiger partial charge in [0.05, 0.1) is 17.3 Å². The van der Waals surface area contributed by atoms with Gasteiger partial charge in [0.1, 0.15) is 23.1 Å². The van der Waals surface area contributed by atoms with E-state index in [1.165, 1.54) is 25.3 Å². The van der Waals surface area contributed by atoms with Crippen molar-refractivity contribution in [3.05, 3.63) is 106 Å². The molecule has 1 atom stereocenters. The van der Waals surface area contributed by atoms with Crippen molar-refractivity contribution in [3.63, 3.8) is 0 Å². The van der Waals surface area contributed by atoms with Crippen LogP contribution in [0, 0.1) is 17.5 Å². The van der Waals surface area contributed by atoms with Crippen LogP contribution in [0.15, 0.2) is 54.7 Å². The third-order valence-electron chi connectivity index (χ3n) is 7.23. The number of amides is 2. The monoisotopic (exact) mass is 653 g/mol. The summed E-state index contributed by atoms with van der Waals surface area (Å²) in [7, 11) is 0. The first-order valence-electron chi connectivity index (χ1n) is 13.9. The quantitative estimate of drug-likeness (QED) is 0.164. The number of benzene rings is 2. The Bertz CT molecular complexity index is 1720. The summed E-state index contributed by atoms with van der Waals surface area (Å²) in [5.41, 5.74) is 4.53. The summed E-state index contributed by atoms with van der Waals surface area (Å²) in [6, 6.07) is 9.49. The summed E-state index contributed by atoms with van der Waals surface area (Å²) in [5.74, 6) is -6.37. The van der Waals surface area contributed by atoms with Crippen molar-refractivity contribution in [1.82, 2.24) is 20.1 Å². The maximum atomic E-state index is 13.8. The van der Waals surface area contributed by atoms with Crippen molar-refractivity contribution in [2.24, 2.45) is 5.73 Å². The number of aromatic nitrogens is 3. The Labute approximate surface area is 257 Å². The molecule has 0 saturated heterocycles. The first kappa shape index (κ1) is 34.1. The zero-order valence-electron chi connectivity index (χ0n) is 24.1. The number of carbonyl (C=O) groups is 2. The van der Waals surface area contributed by atoms with Crippen LogP contribution in [0.5, 0.6) is 0 Å². The summed E-state index contributed by atoms with van der Waals surface area (Å²) in [4.78, 5) is 26.9. The highest BCUT2D eigenvalue weighted by molar-refractivity contribution is 5.94. The van der Waals surface area contributed by atoms with E-state index in [1.54, 1.807) is 12.1 Å². The molecular weight excluding hydrogens is 626 g/mol. The SMILES string of the molecule is CCn1nc(C(F)(F)F)c2c1C(F)(F)CCC2.NC(=O)c1cc(-c2cccnc2C(Cc2cc(F)cc(F)c2)NC=O)ccc1F. The van der Waals surface area contributed by atoms with Crippen molar-refractivity contribution in [1.29, 1.82) is 0 Å². The molecule has 15 heteroatoms. The van der Waals surface area contributed by atoms with Crippen LogP contribution in [0.4, 0.5) is 35.1 Å². The average Bonchev–Trinajstić information content (AvgIpc) is 3.38. The smallest absolute Gasteiger partial charge is 0.366 e. The summed E-state index contributed by atoms with van der Waals surface area (Å²) in [6.45, 7) is 1.51. The molecule has 2 amide bonds. The van der Waals surface area contributed by atoms with Gasteiger partial charge in [0, 0.05) is 36.4 Å². The number of carbonyl (C=O) groups excluding carboxylic acids is 2. The van der Waals surface area contributed by atoms with E-state index < -0.39 is 59.3 Å². The van der Waals surface area contributed by atoms with Crippen molar-refractivity contribution in [2.45, 2.75) is 57.3 Å². The standard InChI is InChI=1S/C21H16F3N3O2.C10H11F5N2/c22-14-6-12(7-15(23)10-14)8-19(27-11-28)20-16(2-1-5-26-20)13-3-4-18(24)17(9-13)21(25)29;1-2-17-8-6(4-3-5-9(8,11)12)7(16-17)10(13,14)15/h1-7,9-11,19H,8H2,(H2,25,29)(H,27,28);2-5H2,1H3. The molecule has 2 heterocycles. The number of halogens is 8. The maximum Gasteiger partial charge on any atom is 0.435 e. The minimum absolute atomic E-state index is 0.00794. The second-order valence-electron chi connectivity index (χ2n) is 10.4. The predicted molar refractivity (Wildman–Crippen MR) is 150 cm³/mol. The van der Waals surface area contributed by atoms with E-state index in [4.69, 9.17) is 5.73 Å². The number of fused-ring (bicyclic) bond motifs is 1. The molecule has 0 aliphatic heterocycles. The normalized spacial score (nSPS) is 14.5. The Morgan fingerprint density at radius 3 is 2.41 bits per heavy atom. The number of nitrogens with zero attached hydrogens (tertiary/aromatic N) is 3. The summed E-state index contributed by atoms with van der Waals surface area (Å²) in [5, 5.41) is 5.88. The van der Waals surface area contributed by atoms with Crippen LogP contribution in [0.25, 0.3) is 11.1 Å².